The Hall–Kier alpha value is -0.616. The van der Waals surface area contributed by atoms with Crippen LogP contribution < -0.4 is 5.30 Å². The van der Waals surface area contributed by atoms with E-state index in [4.69, 9.17) is 18.6 Å². The van der Waals surface area contributed by atoms with Crippen molar-refractivity contribution in [2.75, 3.05) is 0 Å². The maximum Gasteiger partial charge on any atom is -0.0181 e. The summed E-state index contributed by atoms with van der Waals surface area (Å²) in [5.41, 5.74) is 3.38. The topological polar surface area (TPSA) is 0 Å². The van der Waals surface area contributed by atoms with Crippen LogP contribution in [-0.2, 0) is 17.0 Å². The monoisotopic (exact) mass is 558 g/mol. The molecule has 4 aromatic carbocycles. The maximum atomic E-state index is 4.89. The van der Waals surface area contributed by atoms with Gasteiger partial charge >= 0.3 is 35.6 Å². The van der Waals surface area contributed by atoms with E-state index in [1.165, 1.54) is 91.3 Å². The molecule has 4 aromatic rings. The zero-order valence-electron chi connectivity index (χ0n) is 20.9. The molecule has 0 radical (unpaired) electrons. The van der Waals surface area contributed by atoms with Crippen LogP contribution in [0, 0.1) is 6.92 Å². The first-order valence-corrected chi connectivity index (χ1v) is 19.0. The summed E-state index contributed by atoms with van der Waals surface area (Å²) in [5.74, 6) is 0. The summed E-state index contributed by atoms with van der Waals surface area (Å²) < 4.78 is 0. The zero-order chi connectivity index (χ0) is 24.5. The predicted octanol–water partition coefficient (Wildman–Crippen LogP) is 10.6. The first-order chi connectivity index (χ1) is 17.2. The van der Waals surface area contributed by atoms with E-state index in [0.29, 0.717) is 0 Å². The molecule has 2 fully saturated rings. The van der Waals surface area contributed by atoms with E-state index in [1.54, 1.807) is 5.30 Å². The van der Waals surface area contributed by atoms with Gasteiger partial charge in [-0.3, -0.25) is 0 Å². The number of benzene rings is 2. The van der Waals surface area contributed by atoms with Gasteiger partial charge < -0.3 is 0 Å². The molecule has 0 saturated heterocycles. The van der Waals surface area contributed by atoms with Gasteiger partial charge in [0.2, 0.25) is 0 Å². The van der Waals surface area contributed by atoms with Gasteiger partial charge in [0.15, 0.2) is 0 Å². The molecule has 2 saturated carbocycles. The standard InChI is InChI=1S/C21H28P.C10H9.2ClH.Ti/c1-3-11-19(12-4-1)22(20-13-5-2-6-14-20)21-15-17-9-7-8-10-18(17)16-21;1-8-6-9-4-2-3-5-10(9)7-8;;;/h7-10,15-16,19-20H,1-6,11-14H2;2-7H,1H3;2*1H;/q2*-1;;;+2/p-2. The third-order valence-electron chi connectivity index (χ3n) is 7.60. The molecule has 0 N–H and O–H groups in total. The van der Waals surface area contributed by atoms with E-state index in [-0.39, 0.29) is 7.92 Å². The molecule has 6 rings (SSSR count). The van der Waals surface area contributed by atoms with Gasteiger partial charge in [-0.15, -0.1) is 80.9 Å². The normalized spacial score (nSPS) is 17.0. The van der Waals surface area contributed by atoms with E-state index in [0.717, 1.165) is 11.3 Å². The number of aryl methyl sites for hydroxylation is 1. The zero-order valence-corrected chi connectivity index (χ0v) is 24.8. The van der Waals surface area contributed by atoms with Gasteiger partial charge in [-0.1, -0.05) is 65.5 Å². The molecular weight excluding hydrogens is 522 g/mol. The number of hydrogen-bond acceptors (Lipinski definition) is 0. The van der Waals surface area contributed by atoms with Gasteiger partial charge in [0.25, 0.3) is 0 Å². The van der Waals surface area contributed by atoms with Crippen molar-refractivity contribution in [3.05, 3.63) is 78.4 Å². The Bertz CT molecular complexity index is 1070. The van der Waals surface area contributed by atoms with Crippen LogP contribution in [0.15, 0.2) is 72.8 Å². The second-order valence-corrected chi connectivity index (χ2v) is 15.4. The summed E-state index contributed by atoms with van der Waals surface area (Å²) in [4.78, 5) is 0. The first kappa shape index (κ1) is 27.4. The maximum absolute atomic E-state index is 4.89. The number of halogens is 2. The van der Waals surface area contributed by atoms with Gasteiger partial charge in [-0.05, 0) is 37.0 Å². The van der Waals surface area contributed by atoms with Crippen LogP contribution in [0.3, 0.4) is 0 Å². The Labute approximate surface area is 229 Å². The number of hydrogen-bond donors (Lipinski definition) is 0. The van der Waals surface area contributed by atoms with Crippen LogP contribution in [0.25, 0.3) is 21.5 Å². The summed E-state index contributed by atoms with van der Waals surface area (Å²) in [6.45, 7) is 2.12. The second-order valence-electron chi connectivity index (χ2n) is 10.1. The fraction of sp³-hybridized carbons (Fsp3) is 0.419. The Morgan fingerprint density at radius 3 is 1.63 bits per heavy atom. The van der Waals surface area contributed by atoms with Crippen LogP contribution in [0.1, 0.15) is 69.8 Å². The van der Waals surface area contributed by atoms with Crippen molar-refractivity contribution < 1.29 is 17.0 Å². The molecule has 0 bridgehead atoms. The minimum absolute atomic E-state index is 0.0611. The van der Waals surface area contributed by atoms with Crippen LogP contribution in [-0.4, -0.2) is 11.3 Å². The molecule has 186 valence electrons. The van der Waals surface area contributed by atoms with Gasteiger partial charge in [0, 0.05) is 0 Å². The Kier molecular flexibility index (Phi) is 11.2. The molecule has 0 atom stereocenters. The first-order valence-electron chi connectivity index (χ1n) is 13.2. The van der Waals surface area contributed by atoms with Crippen molar-refractivity contribution in [1.29, 1.82) is 0 Å². The average molecular weight is 559 g/mol. The molecule has 0 aliphatic heterocycles. The van der Waals surface area contributed by atoms with Gasteiger partial charge in [0.05, 0.1) is 0 Å². The third kappa shape index (κ3) is 7.69. The van der Waals surface area contributed by atoms with E-state index >= 15 is 0 Å². The van der Waals surface area contributed by atoms with Crippen LogP contribution >= 0.6 is 26.5 Å². The molecule has 0 heterocycles. The number of rotatable bonds is 3. The largest absolute Gasteiger partial charge is 0.161 e. The molecular formula is C31H37Cl2PTi-2. The SMILES string of the molecule is Cc1cc2ccccc2[cH-]1.[Cl][Ti][Cl].c1ccc2[cH-]c(P(C3CCCCC3)C3CCCCC3)cc2c1. The van der Waals surface area contributed by atoms with E-state index in [1.807, 2.05) is 0 Å². The summed E-state index contributed by atoms with van der Waals surface area (Å²) in [6.07, 6.45) is 14.9. The van der Waals surface area contributed by atoms with Gasteiger partial charge in [-0.25, -0.2) is 0 Å². The Balaban J connectivity index is 0.000000184. The van der Waals surface area contributed by atoms with Crippen molar-refractivity contribution in [2.24, 2.45) is 0 Å². The summed E-state index contributed by atoms with van der Waals surface area (Å²) in [6, 6.07) is 26.9. The van der Waals surface area contributed by atoms with Crippen molar-refractivity contribution in [1.82, 2.24) is 0 Å². The van der Waals surface area contributed by atoms with Crippen LogP contribution in [0.5, 0.6) is 0 Å². The van der Waals surface area contributed by atoms with E-state index < -0.39 is 17.0 Å². The van der Waals surface area contributed by atoms with Crippen molar-refractivity contribution in [3.63, 3.8) is 0 Å². The molecule has 0 unspecified atom stereocenters. The minimum Gasteiger partial charge on any atom is -0.161 e. The molecule has 2 aliphatic rings. The molecule has 35 heavy (non-hydrogen) atoms. The molecule has 0 nitrogen and oxygen atoms in total. The second kappa shape index (κ2) is 14.4. The van der Waals surface area contributed by atoms with Crippen molar-refractivity contribution >= 4 is 53.4 Å². The summed E-state index contributed by atoms with van der Waals surface area (Å²) >= 11 is -0.556. The molecule has 4 heteroatoms. The molecule has 2 aliphatic carbocycles. The Morgan fingerprint density at radius 1 is 0.686 bits per heavy atom. The Morgan fingerprint density at radius 2 is 1.14 bits per heavy atom. The van der Waals surface area contributed by atoms with Crippen LogP contribution in [0.4, 0.5) is 0 Å². The third-order valence-corrected chi connectivity index (χ3v) is 11.1. The van der Waals surface area contributed by atoms with Gasteiger partial charge in [-0.2, -0.15) is 12.1 Å². The fourth-order valence-electron chi connectivity index (χ4n) is 6.03. The van der Waals surface area contributed by atoms with E-state index in [2.05, 4.69) is 79.7 Å². The fourth-order valence-corrected chi connectivity index (χ4v) is 9.89. The van der Waals surface area contributed by atoms with E-state index in [9.17, 15) is 0 Å². The van der Waals surface area contributed by atoms with Gasteiger partial charge in [0.1, 0.15) is 0 Å². The summed E-state index contributed by atoms with van der Waals surface area (Å²) in [5, 5.41) is 7.36. The van der Waals surface area contributed by atoms with Crippen LogP contribution in [0.2, 0.25) is 0 Å². The average Bonchev–Trinajstić information content (AvgIpc) is 3.49. The number of fused-ring (bicyclic) bond motifs is 2. The minimum atomic E-state index is -0.556. The predicted molar refractivity (Wildman–Crippen MR) is 156 cm³/mol. The molecule has 0 aromatic heterocycles. The smallest absolute Gasteiger partial charge is 0.0181 e. The molecule has 0 spiro atoms. The summed E-state index contributed by atoms with van der Waals surface area (Å²) in [7, 11) is 9.84. The van der Waals surface area contributed by atoms with Crippen molar-refractivity contribution in [3.8, 4) is 0 Å². The molecule has 0 amide bonds. The van der Waals surface area contributed by atoms with Crippen molar-refractivity contribution in [2.45, 2.75) is 82.4 Å². The quantitative estimate of drug-likeness (QED) is 0.133.